The van der Waals surface area contributed by atoms with Crippen molar-refractivity contribution in [1.82, 2.24) is 15.6 Å². The van der Waals surface area contributed by atoms with Gasteiger partial charge in [0.15, 0.2) is 0 Å². The molecule has 0 aliphatic carbocycles. The molecule has 4 heteroatoms. The average Bonchev–Trinajstić information content (AvgIpc) is 2.23. The van der Waals surface area contributed by atoms with Crippen molar-refractivity contribution < 1.29 is 0 Å². The van der Waals surface area contributed by atoms with Crippen molar-refractivity contribution in [2.24, 2.45) is 0 Å². The smallest absolute Gasteiger partial charge is 0.0648 e. The van der Waals surface area contributed by atoms with Gasteiger partial charge in [0, 0.05) is 38.3 Å². The van der Waals surface area contributed by atoms with Gasteiger partial charge in [-0.3, -0.25) is 4.98 Å². The van der Waals surface area contributed by atoms with Crippen LogP contribution in [-0.2, 0) is 6.42 Å². The van der Waals surface area contributed by atoms with Crippen LogP contribution < -0.4 is 16.4 Å². The third-order valence-electron chi connectivity index (χ3n) is 2.49. The first-order chi connectivity index (χ1) is 6.86. The Hall–Kier alpha value is -1.13. The summed E-state index contributed by atoms with van der Waals surface area (Å²) in [5.74, 6) is 0. The molecule has 1 atom stereocenters. The maximum Gasteiger partial charge on any atom is 0.0648 e. The van der Waals surface area contributed by atoms with E-state index in [0.29, 0.717) is 6.04 Å². The summed E-state index contributed by atoms with van der Waals surface area (Å²) in [6.07, 6.45) is 2.70. The molecule has 4 nitrogen and oxygen atoms in total. The summed E-state index contributed by atoms with van der Waals surface area (Å²) in [6.45, 7) is 3.07. The summed E-state index contributed by atoms with van der Waals surface area (Å²) in [5, 5.41) is 6.78. The van der Waals surface area contributed by atoms with Gasteiger partial charge in [0.25, 0.3) is 0 Å². The first-order valence-electron chi connectivity index (χ1n) is 5.00. The first kappa shape index (κ1) is 9.43. The number of pyridine rings is 1. The number of piperazine rings is 1. The van der Waals surface area contributed by atoms with E-state index in [1.54, 1.807) is 6.20 Å². The largest absolute Gasteiger partial charge is 0.397 e. The molecule has 0 saturated carbocycles. The second kappa shape index (κ2) is 4.39. The van der Waals surface area contributed by atoms with E-state index in [2.05, 4.69) is 15.6 Å². The second-order valence-corrected chi connectivity index (χ2v) is 3.60. The van der Waals surface area contributed by atoms with Crippen molar-refractivity contribution in [3.8, 4) is 0 Å². The van der Waals surface area contributed by atoms with Crippen molar-refractivity contribution in [3.05, 3.63) is 24.0 Å². The van der Waals surface area contributed by atoms with E-state index in [1.807, 2.05) is 12.1 Å². The van der Waals surface area contributed by atoms with E-state index in [1.165, 1.54) is 0 Å². The Morgan fingerprint density at radius 1 is 1.50 bits per heavy atom. The number of nitrogen functional groups attached to an aromatic ring is 1. The standard InChI is InChI=1S/C10H16N4/c11-9-2-1-3-14-10(9)6-8-7-12-4-5-13-8/h1-3,8,12-13H,4-7,11H2. The highest BCUT2D eigenvalue weighted by Crippen LogP contribution is 2.09. The molecule has 0 amide bonds. The summed E-state index contributed by atoms with van der Waals surface area (Å²) < 4.78 is 0. The Labute approximate surface area is 83.9 Å². The third kappa shape index (κ3) is 2.21. The molecule has 0 bridgehead atoms. The molecular weight excluding hydrogens is 176 g/mol. The van der Waals surface area contributed by atoms with Gasteiger partial charge in [-0.15, -0.1) is 0 Å². The molecule has 2 heterocycles. The fraction of sp³-hybridized carbons (Fsp3) is 0.500. The summed E-state index contributed by atoms with van der Waals surface area (Å²) in [7, 11) is 0. The number of nitrogens with zero attached hydrogens (tertiary/aromatic N) is 1. The molecule has 1 saturated heterocycles. The molecule has 1 aromatic rings. The predicted molar refractivity (Wildman–Crippen MR) is 57.0 cm³/mol. The highest BCUT2D eigenvalue weighted by molar-refractivity contribution is 5.42. The Balaban J connectivity index is 1.99. The summed E-state index contributed by atoms with van der Waals surface area (Å²) in [4.78, 5) is 4.28. The van der Waals surface area contributed by atoms with Gasteiger partial charge < -0.3 is 16.4 Å². The number of anilines is 1. The van der Waals surface area contributed by atoms with Gasteiger partial charge in [0.2, 0.25) is 0 Å². The molecule has 14 heavy (non-hydrogen) atoms. The van der Waals surface area contributed by atoms with E-state index in [-0.39, 0.29) is 0 Å². The Bertz CT molecular complexity index is 294. The van der Waals surface area contributed by atoms with E-state index >= 15 is 0 Å². The first-order valence-corrected chi connectivity index (χ1v) is 5.00. The molecule has 0 aromatic carbocycles. The van der Waals surface area contributed by atoms with Gasteiger partial charge in [0.05, 0.1) is 11.4 Å². The van der Waals surface area contributed by atoms with Crippen LogP contribution in [0.2, 0.25) is 0 Å². The molecule has 4 N–H and O–H groups in total. The quantitative estimate of drug-likeness (QED) is 0.605. The Morgan fingerprint density at radius 3 is 3.14 bits per heavy atom. The number of nitrogens with one attached hydrogen (secondary N) is 2. The van der Waals surface area contributed by atoms with Gasteiger partial charge in [-0.25, -0.2) is 0 Å². The van der Waals surface area contributed by atoms with Crippen molar-refractivity contribution in [2.75, 3.05) is 25.4 Å². The van der Waals surface area contributed by atoms with Gasteiger partial charge >= 0.3 is 0 Å². The number of hydrogen-bond acceptors (Lipinski definition) is 4. The lowest BCUT2D eigenvalue weighted by Crippen LogP contribution is -2.49. The Kier molecular flexibility index (Phi) is 2.96. The van der Waals surface area contributed by atoms with E-state index < -0.39 is 0 Å². The zero-order chi connectivity index (χ0) is 9.80. The minimum Gasteiger partial charge on any atom is -0.397 e. The van der Waals surface area contributed by atoms with Crippen LogP contribution in [0.25, 0.3) is 0 Å². The molecule has 2 rings (SSSR count). The van der Waals surface area contributed by atoms with Crippen molar-refractivity contribution in [3.63, 3.8) is 0 Å². The maximum atomic E-state index is 5.83. The summed E-state index contributed by atoms with van der Waals surface area (Å²) >= 11 is 0. The van der Waals surface area contributed by atoms with Crippen LogP contribution in [0.3, 0.4) is 0 Å². The van der Waals surface area contributed by atoms with Crippen LogP contribution in [0.5, 0.6) is 0 Å². The van der Waals surface area contributed by atoms with Crippen molar-refractivity contribution >= 4 is 5.69 Å². The fourth-order valence-electron chi connectivity index (χ4n) is 1.71. The monoisotopic (exact) mass is 192 g/mol. The lowest BCUT2D eigenvalue weighted by molar-refractivity contribution is 0.414. The zero-order valence-electron chi connectivity index (χ0n) is 8.16. The second-order valence-electron chi connectivity index (χ2n) is 3.60. The molecule has 76 valence electrons. The van der Waals surface area contributed by atoms with Gasteiger partial charge in [-0.1, -0.05) is 0 Å². The highest BCUT2D eigenvalue weighted by Gasteiger charge is 2.14. The van der Waals surface area contributed by atoms with E-state index in [4.69, 9.17) is 5.73 Å². The number of aromatic nitrogens is 1. The fourth-order valence-corrected chi connectivity index (χ4v) is 1.71. The molecule has 1 aliphatic heterocycles. The highest BCUT2D eigenvalue weighted by atomic mass is 15.1. The lowest BCUT2D eigenvalue weighted by Gasteiger charge is -2.24. The molecule has 0 spiro atoms. The minimum atomic E-state index is 0.459. The number of nitrogens with two attached hydrogens (primary N) is 1. The van der Waals surface area contributed by atoms with Crippen LogP contribution in [0.4, 0.5) is 5.69 Å². The van der Waals surface area contributed by atoms with Crippen LogP contribution in [-0.4, -0.2) is 30.7 Å². The molecular formula is C10H16N4. The van der Waals surface area contributed by atoms with Crippen LogP contribution in [0.15, 0.2) is 18.3 Å². The maximum absolute atomic E-state index is 5.83. The van der Waals surface area contributed by atoms with Crippen molar-refractivity contribution in [2.45, 2.75) is 12.5 Å². The Morgan fingerprint density at radius 2 is 2.43 bits per heavy atom. The minimum absolute atomic E-state index is 0.459. The SMILES string of the molecule is Nc1cccnc1CC1CNCCN1. The van der Waals surface area contributed by atoms with Gasteiger partial charge in [-0.2, -0.15) is 0 Å². The number of hydrogen-bond donors (Lipinski definition) is 3. The predicted octanol–water partition coefficient (Wildman–Crippen LogP) is -0.232. The average molecular weight is 192 g/mol. The summed E-state index contributed by atoms with van der Waals surface area (Å²) in [5.41, 5.74) is 7.61. The van der Waals surface area contributed by atoms with Gasteiger partial charge in [-0.05, 0) is 12.1 Å². The zero-order valence-corrected chi connectivity index (χ0v) is 8.16. The van der Waals surface area contributed by atoms with E-state index in [9.17, 15) is 0 Å². The lowest BCUT2D eigenvalue weighted by atomic mass is 10.1. The molecule has 1 aromatic heterocycles. The normalized spacial score (nSPS) is 22.1. The molecule has 1 unspecified atom stereocenters. The molecule has 1 aliphatic rings. The van der Waals surface area contributed by atoms with Crippen molar-refractivity contribution in [1.29, 1.82) is 0 Å². The van der Waals surface area contributed by atoms with Crippen LogP contribution in [0, 0.1) is 0 Å². The van der Waals surface area contributed by atoms with Crippen LogP contribution >= 0.6 is 0 Å². The van der Waals surface area contributed by atoms with Crippen LogP contribution in [0.1, 0.15) is 5.69 Å². The topological polar surface area (TPSA) is 63.0 Å². The molecule has 0 radical (unpaired) electrons. The van der Waals surface area contributed by atoms with Gasteiger partial charge in [0.1, 0.15) is 0 Å². The van der Waals surface area contributed by atoms with E-state index in [0.717, 1.165) is 37.4 Å². The molecule has 1 fully saturated rings. The third-order valence-corrected chi connectivity index (χ3v) is 2.49. The number of rotatable bonds is 2. The summed E-state index contributed by atoms with van der Waals surface area (Å²) in [6, 6.07) is 4.23.